The lowest BCUT2D eigenvalue weighted by atomic mass is 10.3. The number of hydrazine groups is 1. The molecule has 0 aliphatic rings. The number of aromatic nitrogens is 2. The number of nitro benzene ring substituents is 1. The van der Waals surface area contributed by atoms with Crippen LogP contribution in [0.3, 0.4) is 0 Å². The van der Waals surface area contributed by atoms with Crippen molar-refractivity contribution in [1.82, 2.24) is 9.97 Å². The molecule has 0 aliphatic heterocycles. The van der Waals surface area contributed by atoms with Crippen molar-refractivity contribution in [2.24, 2.45) is 5.84 Å². The van der Waals surface area contributed by atoms with E-state index in [2.05, 4.69) is 15.4 Å². The van der Waals surface area contributed by atoms with E-state index >= 15 is 0 Å². The van der Waals surface area contributed by atoms with E-state index in [0.29, 0.717) is 5.75 Å². The molecule has 0 fully saturated rings. The monoisotopic (exact) mass is 277 g/mol. The average Bonchev–Trinajstić information content (AvgIpc) is 2.47. The zero-order valence-electron chi connectivity index (χ0n) is 10.4. The molecular weight excluding hydrogens is 266 g/mol. The number of ether oxygens (including phenoxy) is 2. The summed E-state index contributed by atoms with van der Waals surface area (Å²) in [7, 11) is 1.42. The predicted molar refractivity (Wildman–Crippen MR) is 69.6 cm³/mol. The average molecular weight is 277 g/mol. The fourth-order valence-electron chi connectivity index (χ4n) is 1.43. The summed E-state index contributed by atoms with van der Waals surface area (Å²) in [5.41, 5.74) is 2.02. The zero-order chi connectivity index (χ0) is 14.5. The molecule has 3 N–H and O–H groups in total. The smallest absolute Gasteiger partial charge is 0.315 e. The molecule has 0 unspecified atom stereocenters. The number of benzene rings is 1. The molecule has 0 radical (unpaired) electrons. The molecule has 20 heavy (non-hydrogen) atoms. The fraction of sp³-hybridized carbons (Fsp3) is 0.0909. The van der Waals surface area contributed by atoms with Crippen molar-refractivity contribution in [2.75, 3.05) is 12.5 Å². The molecule has 0 atom stereocenters. The van der Waals surface area contributed by atoms with E-state index in [1.807, 2.05) is 0 Å². The number of rotatable bonds is 5. The van der Waals surface area contributed by atoms with Crippen molar-refractivity contribution in [3.63, 3.8) is 0 Å². The Labute approximate surface area is 113 Å². The first kappa shape index (κ1) is 13.5. The number of nitrogens with one attached hydrogen (secondary N) is 1. The van der Waals surface area contributed by atoms with Crippen molar-refractivity contribution < 1.29 is 14.4 Å². The SMILES string of the molecule is COc1ccc(Oc2ccnc(NN)n2)c([N+](=O)[O-])c1. The van der Waals surface area contributed by atoms with Crippen LogP contribution in [0.25, 0.3) is 0 Å². The highest BCUT2D eigenvalue weighted by molar-refractivity contribution is 5.52. The molecule has 0 saturated heterocycles. The minimum absolute atomic E-state index is 0.0393. The molecule has 1 aromatic carbocycles. The lowest BCUT2D eigenvalue weighted by Gasteiger charge is -2.07. The van der Waals surface area contributed by atoms with Gasteiger partial charge in [0, 0.05) is 12.3 Å². The van der Waals surface area contributed by atoms with Crippen molar-refractivity contribution >= 4 is 11.6 Å². The van der Waals surface area contributed by atoms with E-state index in [1.54, 1.807) is 6.07 Å². The Hall–Kier alpha value is -2.94. The Morgan fingerprint density at radius 2 is 2.20 bits per heavy atom. The predicted octanol–water partition coefficient (Wildman–Crippen LogP) is 1.47. The van der Waals surface area contributed by atoms with Gasteiger partial charge in [0.15, 0.2) is 0 Å². The zero-order valence-corrected chi connectivity index (χ0v) is 10.4. The molecule has 2 rings (SSSR count). The first-order chi connectivity index (χ1) is 9.63. The van der Waals surface area contributed by atoms with Crippen LogP contribution >= 0.6 is 0 Å². The number of nitrogens with two attached hydrogens (primary N) is 1. The minimum atomic E-state index is -0.568. The van der Waals surface area contributed by atoms with E-state index in [1.165, 1.54) is 31.5 Å². The van der Waals surface area contributed by atoms with Crippen LogP contribution in [0.4, 0.5) is 11.6 Å². The summed E-state index contributed by atoms with van der Waals surface area (Å²) in [6.07, 6.45) is 1.41. The second-order valence-corrected chi connectivity index (χ2v) is 3.56. The number of methoxy groups -OCH3 is 1. The van der Waals surface area contributed by atoms with Crippen LogP contribution < -0.4 is 20.7 Å². The molecule has 0 saturated carbocycles. The maximum atomic E-state index is 11.0. The highest BCUT2D eigenvalue weighted by Crippen LogP contribution is 2.33. The number of nitro groups is 1. The third-order valence-corrected chi connectivity index (χ3v) is 2.34. The highest BCUT2D eigenvalue weighted by atomic mass is 16.6. The molecule has 9 heteroatoms. The van der Waals surface area contributed by atoms with Crippen molar-refractivity contribution in [3.05, 3.63) is 40.6 Å². The van der Waals surface area contributed by atoms with Gasteiger partial charge in [0.2, 0.25) is 17.6 Å². The number of nitrogens with zero attached hydrogens (tertiary/aromatic N) is 3. The van der Waals surface area contributed by atoms with Gasteiger partial charge >= 0.3 is 5.69 Å². The Balaban J connectivity index is 2.34. The number of hydrogen-bond donors (Lipinski definition) is 2. The van der Waals surface area contributed by atoms with Gasteiger partial charge in [-0.2, -0.15) is 4.98 Å². The Morgan fingerprint density at radius 1 is 1.40 bits per heavy atom. The standard InChI is InChI=1S/C11H11N5O4/c1-19-7-2-3-9(8(6-7)16(17)18)20-10-4-5-13-11(14-10)15-12/h2-6H,12H2,1H3,(H,13,14,15). The van der Waals surface area contributed by atoms with Crippen LogP contribution in [-0.2, 0) is 0 Å². The number of anilines is 1. The van der Waals surface area contributed by atoms with Gasteiger partial charge in [0.1, 0.15) is 5.75 Å². The first-order valence-electron chi connectivity index (χ1n) is 5.44. The highest BCUT2D eigenvalue weighted by Gasteiger charge is 2.17. The topological polar surface area (TPSA) is 125 Å². The Bertz CT molecular complexity index is 634. The van der Waals surface area contributed by atoms with Gasteiger partial charge in [-0.25, -0.2) is 10.8 Å². The van der Waals surface area contributed by atoms with Gasteiger partial charge in [-0.1, -0.05) is 0 Å². The summed E-state index contributed by atoms with van der Waals surface area (Å²) in [5.74, 6) is 5.83. The summed E-state index contributed by atoms with van der Waals surface area (Å²) in [6.45, 7) is 0. The summed E-state index contributed by atoms with van der Waals surface area (Å²) in [4.78, 5) is 18.1. The van der Waals surface area contributed by atoms with Crippen LogP contribution in [0.1, 0.15) is 0 Å². The Kier molecular flexibility index (Phi) is 3.91. The molecule has 2 aromatic rings. The first-order valence-corrected chi connectivity index (χ1v) is 5.44. The van der Waals surface area contributed by atoms with Gasteiger partial charge in [0.25, 0.3) is 0 Å². The fourth-order valence-corrected chi connectivity index (χ4v) is 1.43. The molecule has 0 spiro atoms. The molecule has 1 heterocycles. The maximum Gasteiger partial charge on any atom is 0.315 e. The van der Waals surface area contributed by atoms with Crippen LogP contribution in [-0.4, -0.2) is 22.0 Å². The minimum Gasteiger partial charge on any atom is -0.496 e. The van der Waals surface area contributed by atoms with Gasteiger partial charge in [-0.3, -0.25) is 15.5 Å². The van der Waals surface area contributed by atoms with E-state index in [4.69, 9.17) is 15.3 Å². The molecule has 104 valence electrons. The summed E-state index contributed by atoms with van der Waals surface area (Å²) < 4.78 is 10.3. The molecule has 0 aliphatic carbocycles. The normalized spacial score (nSPS) is 9.90. The van der Waals surface area contributed by atoms with Gasteiger partial charge in [-0.15, -0.1) is 0 Å². The molecule has 1 aromatic heterocycles. The lowest BCUT2D eigenvalue weighted by molar-refractivity contribution is -0.385. The lowest BCUT2D eigenvalue weighted by Crippen LogP contribution is -2.10. The summed E-state index contributed by atoms with van der Waals surface area (Å²) in [6, 6.07) is 5.69. The maximum absolute atomic E-state index is 11.0. The Morgan fingerprint density at radius 3 is 2.85 bits per heavy atom. The number of hydrogen-bond acceptors (Lipinski definition) is 8. The van der Waals surface area contributed by atoms with Crippen LogP contribution in [0.5, 0.6) is 17.4 Å². The van der Waals surface area contributed by atoms with Crippen LogP contribution in [0.2, 0.25) is 0 Å². The van der Waals surface area contributed by atoms with Gasteiger partial charge < -0.3 is 9.47 Å². The van der Waals surface area contributed by atoms with Gasteiger partial charge in [-0.05, 0) is 12.1 Å². The van der Waals surface area contributed by atoms with Crippen molar-refractivity contribution in [3.8, 4) is 17.4 Å². The van der Waals surface area contributed by atoms with E-state index in [-0.39, 0.29) is 23.3 Å². The van der Waals surface area contributed by atoms with E-state index in [9.17, 15) is 10.1 Å². The van der Waals surface area contributed by atoms with E-state index in [0.717, 1.165) is 0 Å². The third-order valence-electron chi connectivity index (χ3n) is 2.34. The van der Waals surface area contributed by atoms with Crippen LogP contribution in [0.15, 0.2) is 30.5 Å². The second kappa shape index (κ2) is 5.80. The second-order valence-electron chi connectivity index (χ2n) is 3.56. The molecule has 9 nitrogen and oxygen atoms in total. The quantitative estimate of drug-likeness (QED) is 0.478. The van der Waals surface area contributed by atoms with Gasteiger partial charge in [0.05, 0.1) is 18.1 Å². The third kappa shape index (κ3) is 2.90. The summed E-state index contributed by atoms with van der Waals surface area (Å²) >= 11 is 0. The summed E-state index contributed by atoms with van der Waals surface area (Å²) in [5, 5.41) is 11.0. The molecular formula is C11H11N5O4. The van der Waals surface area contributed by atoms with Crippen LogP contribution in [0, 0.1) is 10.1 Å². The van der Waals surface area contributed by atoms with E-state index < -0.39 is 4.92 Å². The molecule has 0 bridgehead atoms. The van der Waals surface area contributed by atoms with Crippen molar-refractivity contribution in [1.29, 1.82) is 0 Å². The largest absolute Gasteiger partial charge is 0.496 e. The molecule has 0 amide bonds. The van der Waals surface area contributed by atoms with Crippen molar-refractivity contribution in [2.45, 2.75) is 0 Å². The number of nitrogen functional groups attached to an aromatic ring is 1.